The average molecular weight is 394 g/mol. The van der Waals surface area contributed by atoms with Gasteiger partial charge >= 0.3 is 0 Å². The predicted octanol–water partition coefficient (Wildman–Crippen LogP) is 2.66. The summed E-state index contributed by atoms with van der Waals surface area (Å²) in [6, 6.07) is 7.11. The highest BCUT2D eigenvalue weighted by Gasteiger charge is 2.18. The molecule has 1 aliphatic heterocycles. The number of halogens is 1. The van der Waals surface area contributed by atoms with Gasteiger partial charge in [0.1, 0.15) is 17.4 Å². The van der Waals surface area contributed by atoms with Gasteiger partial charge in [-0.1, -0.05) is 11.6 Å². The van der Waals surface area contributed by atoms with Gasteiger partial charge in [0.15, 0.2) is 0 Å². The van der Waals surface area contributed by atoms with Gasteiger partial charge in [0.05, 0.1) is 18.7 Å². The van der Waals surface area contributed by atoms with Crippen molar-refractivity contribution >= 4 is 34.8 Å². The summed E-state index contributed by atoms with van der Waals surface area (Å²) in [6.07, 6.45) is 2.24. The largest absolute Gasteiger partial charge is 0.486 e. The molecule has 1 aromatic carbocycles. The van der Waals surface area contributed by atoms with Crippen LogP contribution in [0.2, 0.25) is 5.02 Å². The summed E-state index contributed by atoms with van der Waals surface area (Å²) >= 11 is 7.28. The summed E-state index contributed by atoms with van der Waals surface area (Å²) in [7, 11) is 0. The van der Waals surface area contributed by atoms with E-state index >= 15 is 0 Å². The number of amides is 2. The lowest BCUT2D eigenvalue weighted by Gasteiger charge is -2.15. The van der Waals surface area contributed by atoms with E-state index in [4.69, 9.17) is 16.3 Å². The zero-order chi connectivity index (χ0) is 18.4. The zero-order valence-electron chi connectivity index (χ0n) is 14.2. The quantitative estimate of drug-likeness (QED) is 0.785. The molecule has 0 aliphatic carbocycles. The van der Waals surface area contributed by atoms with E-state index in [1.165, 1.54) is 11.3 Å². The summed E-state index contributed by atoms with van der Waals surface area (Å²) < 4.78 is 5.64. The number of thiazole rings is 1. The van der Waals surface area contributed by atoms with Crippen LogP contribution in [0.4, 0.5) is 0 Å². The Hall–Kier alpha value is -2.12. The molecule has 1 aromatic heterocycles. The minimum absolute atomic E-state index is 0.0221. The first-order valence-corrected chi connectivity index (χ1v) is 9.72. The monoisotopic (exact) mass is 393 g/mol. The fourth-order valence-corrected chi connectivity index (χ4v) is 3.48. The number of carbonyl (C=O) groups is 2. The maximum absolute atomic E-state index is 12.0. The maximum atomic E-state index is 12.0. The number of hydrogen-bond acceptors (Lipinski definition) is 5. The van der Waals surface area contributed by atoms with Crippen LogP contribution in [0.3, 0.4) is 0 Å². The van der Waals surface area contributed by atoms with Gasteiger partial charge in [-0.2, -0.15) is 0 Å². The van der Waals surface area contributed by atoms with Crippen LogP contribution in [-0.2, 0) is 22.6 Å². The van der Waals surface area contributed by atoms with Crippen molar-refractivity contribution in [3.05, 3.63) is 45.4 Å². The van der Waals surface area contributed by atoms with Crippen LogP contribution < -0.4 is 10.1 Å². The molecule has 0 unspecified atom stereocenters. The van der Waals surface area contributed by atoms with Gasteiger partial charge in [-0.3, -0.25) is 9.59 Å². The molecule has 1 N–H and O–H groups in total. The van der Waals surface area contributed by atoms with E-state index in [0.29, 0.717) is 23.1 Å². The lowest BCUT2D eigenvalue weighted by atomic mass is 10.3. The number of nitrogens with zero attached hydrogens (tertiary/aromatic N) is 2. The average Bonchev–Trinajstić information content (AvgIpc) is 3.31. The van der Waals surface area contributed by atoms with Crippen molar-refractivity contribution in [2.45, 2.75) is 25.9 Å². The number of hydrogen-bond donors (Lipinski definition) is 1. The maximum Gasteiger partial charge on any atom is 0.241 e. The van der Waals surface area contributed by atoms with E-state index in [0.717, 1.165) is 30.9 Å². The van der Waals surface area contributed by atoms with Gasteiger partial charge in [0.2, 0.25) is 11.8 Å². The Morgan fingerprint density at radius 3 is 2.69 bits per heavy atom. The third-order valence-corrected chi connectivity index (χ3v) is 5.14. The van der Waals surface area contributed by atoms with E-state index in [1.54, 1.807) is 29.2 Å². The molecule has 138 valence electrons. The summed E-state index contributed by atoms with van der Waals surface area (Å²) in [6.45, 7) is 1.96. The lowest BCUT2D eigenvalue weighted by molar-refractivity contribution is -0.131. The fraction of sp³-hybridized carbons (Fsp3) is 0.389. The van der Waals surface area contributed by atoms with E-state index in [2.05, 4.69) is 10.3 Å². The Balaban J connectivity index is 1.41. The van der Waals surface area contributed by atoms with Crippen LogP contribution in [0.25, 0.3) is 0 Å². The normalized spacial score (nSPS) is 13.7. The van der Waals surface area contributed by atoms with Gasteiger partial charge in [-0.05, 0) is 37.1 Å². The van der Waals surface area contributed by atoms with Gasteiger partial charge in [0.25, 0.3) is 0 Å². The van der Waals surface area contributed by atoms with Crippen LogP contribution in [0.15, 0.2) is 29.6 Å². The molecule has 1 fully saturated rings. The number of nitrogens with one attached hydrogen (secondary N) is 1. The van der Waals surface area contributed by atoms with E-state index < -0.39 is 0 Å². The van der Waals surface area contributed by atoms with Gasteiger partial charge < -0.3 is 15.0 Å². The molecular formula is C18H20ClN3O3S. The molecule has 2 aromatic rings. The molecule has 0 saturated carbocycles. The predicted molar refractivity (Wildman–Crippen MR) is 100 cm³/mol. The lowest BCUT2D eigenvalue weighted by Crippen LogP contribution is -2.39. The van der Waals surface area contributed by atoms with Gasteiger partial charge in [0, 0.05) is 23.5 Å². The van der Waals surface area contributed by atoms with Crippen molar-refractivity contribution in [1.29, 1.82) is 0 Å². The molecule has 1 saturated heterocycles. The molecule has 26 heavy (non-hydrogen) atoms. The molecule has 0 bridgehead atoms. The third-order valence-electron chi connectivity index (χ3n) is 4.01. The second kappa shape index (κ2) is 9.00. The van der Waals surface area contributed by atoms with Gasteiger partial charge in [-0.25, -0.2) is 4.98 Å². The van der Waals surface area contributed by atoms with E-state index in [1.807, 2.05) is 5.38 Å². The van der Waals surface area contributed by atoms with Crippen LogP contribution in [0.1, 0.15) is 23.5 Å². The topological polar surface area (TPSA) is 71.5 Å². The van der Waals surface area contributed by atoms with Crippen LogP contribution in [0.5, 0.6) is 5.75 Å². The van der Waals surface area contributed by atoms with Gasteiger partial charge in [-0.15, -0.1) is 11.3 Å². The minimum atomic E-state index is -0.201. The Kier molecular flexibility index (Phi) is 6.46. The molecule has 2 heterocycles. The molecule has 0 radical (unpaired) electrons. The molecule has 6 nitrogen and oxygen atoms in total. The standard InChI is InChI=1S/C18H20ClN3O3S/c19-13-3-5-15(6-4-13)25-11-17-21-14(12-26-17)9-16(23)20-10-18(24)22-7-1-2-8-22/h3-6,12H,1-2,7-11H2,(H,20,23). The molecule has 1 aliphatic rings. The zero-order valence-corrected chi connectivity index (χ0v) is 15.8. The minimum Gasteiger partial charge on any atom is -0.486 e. The first kappa shape index (κ1) is 18.7. The molecule has 0 spiro atoms. The van der Waals surface area contributed by atoms with Crippen molar-refractivity contribution in [1.82, 2.24) is 15.2 Å². The first-order valence-electron chi connectivity index (χ1n) is 8.46. The van der Waals surface area contributed by atoms with E-state index in [9.17, 15) is 9.59 Å². The Morgan fingerprint density at radius 1 is 1.23 bits per heavy atom. The Morgan fingerprint density at radius 2 is 1.96 bits per heavy atom. The smallest absolute Gasteiger partial charge is 0.241 e. The Bertz CT molecular complexity index is 757. The highest BCUT2D eigenvalue weighted by Crippen LogP contribution is 2.18. The summed E-state index contributed by atoms with van der Waals surface area (Å²) in [5.41, 5.74) is 0.677. The van der Waals surface area contributed by atoms with Crippen LogP contribution >= 0.6 is 22.9 Å². The second-order valence-corrected chi connectivity index (χ2v) is 7.40. The Labute approximate surface area is 161 Å². The number of likely N-dealkylation sites (tertiary alicyclic amines) is 1. The summed E-state index contributed by atoms with van der Waals surface area (Å²) in [5, 5.41) is 5.95. The molecule has 2 amide bonds. The summed E-state index contributed by atoms with van der Waals surface area (Å²) in [4.78, 5) is 30.1. The summed E-state index contributed by atoms with van der Waals surface area (Å²) in [5.74, 6) is 0.489. The molecule has 8 heteroatoms. The molecular weight excluding hydrogens is 374 g/mol. The van der Waals surface area contributed by atoms with Crippen molar-refractivity contribution in [3.8, 4) is 5.75 Å². The third kappa shape index (κ3) is 5.44. The SMILES string of the molecule is O=C(Cc1csc(COc2ccc(Cl)cc2)n1)NCC(=O)N1CCCC1. The van der Waals surface area contributed by atoms with Crippen molar-refractivity contribution < 1.29 is 14.3 Å². The first-order chi connectivity index (χ1) is 12.6. The number of carbonyl (C=O) groups excluding carboxylic acids is 2. The second-order valence-electron chi connectivity index (χ2n) is 6.02. The number of rotatable bonds is 7. The molecule has 3 rings (SSSR count). The van der Waals surface area contributed by atoms with Crippen molar-refractivity contribution in [2.75, 3.05) is 19.6 Å². The highest BCUT2D eigenvalue weighted by molar-refractivity contribution is 7.09. The number of benzene rings is 1. The van der Waals surface area contributed by atoms with Crippen molar-refractivity contribution in [2.24, 2.45) is 0 Å². The highest BCUT2D eigenvalue weighted by atomic mass is 35.5. The fourth-order valence-electron chi connectivity index (χ4n) is 2.65. The molecule has 0 atom stereocenters. The van der Waals surface area contributed by atoms with Crippen LogP contribution in [0, 0.1) is 0 Å². The van der Waals surface area contributed by atoms with Crippen LogP contribution in [-0.4, -0.2) is 41.3 Å². The van der Waals surface area contributed by atoms with Crippen molar-refractivity contribution in [3.63, 3.8) is 0 Å². The van der Waals surface area contributed by atoms with E-state index in [-0.39, 0.29) is 24.8 Å². The number of aromatic nitrogens is 1. The number of ether oxygens (including phenoxy) is 1.